The fraction of sp³-hybridized carbons (Fsp3) is 0.294. The standard InChI is InChI=1S/C17H16FN3OS/c1-21-16(22)14-12-7-2-3-8-13(12)23-15(14)20-17(21)19-11-6-4-5-10(18)9-11/h4-6,9H,2-3,7-8H2,1H3,(H,19,20). The first-order chi connectivity index (χ1) is 11.1. The number of fused-ring (bicyclic) bond motifs is 3. The third-order valence-corrected chi connectivity index (χ3v) is 5.46. The topological polar surface area (TPSA) is 46.9 Å². The molecule has 0 saturated carbocycles. The van der Waals surface area contributed by atoms with Crippen LogP contribution in [0.25, 0.3) is 10.2 Å². The Bertz CT molecular complexity index is 960. The van der Waals surface area contributed by atoms with Gasteiger partial charge in [-0.3, -0.25) is 9.36 Å². The monoisotopic (exact) mass is 329 g/mol. The van der Waals surface area contributed by atoms with E-state index in [4.69, 9.17) is 0 Å². The first-order valence-corrected chi connectivity index (χ1v) is 8.49. The minimum Gasteiger partial charge on any atom is -0.325 e. The van der Waals surface area contributed by atoms with E-state index in [0.29, 0.717) is 11.6 Å². The zero-order valence-electron chi connectivity index (χ0n) is 12.7. The molecular weight excluding hydrogens is 313 g/mol. The third-order valence-electron chi connectivity index (χ3n) is 4.28. The van der Waals surface area contributed by atoms with Crippen molar-refractivity contribution in [3.05, 3.63) is 50.9 Å². The molecule has 1 aliphatic rings. The molecular formula is C17H16FN3OS. The lowest BCUT2D eigenvalue weighted by atomic mass is 9.97. The molecule has 1 N–H and O–H groups in total. The Morgan fingerprint density at radius 3 is 2.96 bits per heavy atom. The molecule has 2 aromatic heterocycles. The Morgan fingerprint density at radius 2 is 2.13 bits per heavy atom. The minimum atomic E-state index is -0.326. The molecule has 1 aliphatic carbocycles. The highest BCUT2D eigenvalue weighted by molar-refractivity contribution is 7.18. The summed E-state index contributed by atoms with van der Waals surface area (Å²) < 4.78 is 14.8. The third kappa shape index (κ3) is 2.43. The second-order valence-corrected chi connectivity index (χ2v) is 6.91. The van der Waals surface area contributed by atoms with Crippen molar-refractivity contribution >= 4 is 33.2 Å². The van der Waals surface area contributed by atoms with E-state index >= 15 is 0 Å². The molecule has 0 atom stereocenters. The van der Waals surface area contributed by atoms with Gasteiger partial charge >= 0.3 is 0 Å². The molecule has 3 aromatic rings. The van der Waals surface area contributed by atoms with Gasteiger partial charge in [0.1, 0.15) is 10.6 Å². The maximum Gasteiger partial charge on any atom is 0.263 e. The first kappa shape index (κ1) is 14.4. The Hall–Kier alpha value is -2.21. The quantitative estimate of drug-likeness (QED) is 0.779. The van der Waals surface area contributed by atoms with Gasteiger partial charge in [0.15, 0.2) is 0 Å². The molecule has 0 radical (unpaired) electrons. The Balaban J connectivity index is 1.85. The summed E-state index contributed by atoms with van der Waals surface area (Å²) >= 11 is 1.61. The van der Waals surface area contributed by atoms with Gasteiger partial charge in [0.2, 0.25) is 5.95 Å². The van der Waals surface area contributed by atoms with E-state index in [0.717, 1.165) is 29.5 Å². The van der Waals surface area contributed by atoms with Crippen molar-refractivity contribution in [2.45, 2.75) is 25.7 Å². The van der Waals surface area contributed by atoms with Crippen LogP contribution in [0.1, 0.15) is 23.3 Å². The van der Waals surface area contributed by atoms with Gasteiger partial charge < -0.3 is 5.32 Å². The van der Waals surface area contributed by atoms with Crippen LogP contribution in [-0.4, -0.2) is 9.55 Å². The van der Waals surface area contributed by atoms with Crippen LogP contribution in [0, 0.1) is 5.82 Å². The fourth-order valence-electron chi connectivity index (χ4n) is 3.09. The number of anilines is 2. The van der Waals surface area contributed by atoms with Crippen molar-refractivity contribution in [2.75, 3.05) is 5.32 Å². The number of hydrogen-bond acceptors (Lipinski definition) is 4. The molecule has 23 heavy (non-hydrogen) atoms. The van der Waals surface area contributed by atoms with Crippen LogP contribution in [0.15, 0.2) is 29.1 Å². The minimum absolute atomic E-state index is 0.0340. The number of halogens is 1. The van der Waals surface area contributed by atoms with E-state index < -0.39 is 0 Å². The van der Waals surface area contributed by atoms with E-state index in [9.17, 15) is 9.18 Å². The van der Waals surface area contributed by atoms with Crippen molar-refractivity contribution < 1.29 is 4.39 Å². The van der Waals surface area contributed by atoms with E-state index in [-0.39, 0.29) is 11.4 Å². The fourth-order valence-corrected chi connectivity index (χ4v) is 4.34. The van der Waals surface area contributed by atoms with E-state index in [1.165, 1.54) is 33.6 Å². The van der Waals surface area contributed by atoms with Crippen LogP contribution in [0.2, 0.25) is 0 Å². The molecule has 118 valence electrons. The molecule has 4 nitrogen and oxygen atoms in total. The van der Waals surface area contributed by atoms with E-state index in [1.54, 1.807) is 30.5 Å². The number of benzene rings is 1. The summed E-state index contributed by atoms with van der Waals surface area (Å²) in [4.78, 5) is 19.4. The van der Waals surface area contributed by atoms with Gasteiger partial charge in [-0.05, 0) is 49.4 Å². The summed E-state index contributed by atoms with van der Waals surface area (Å²) in [5.74, 6) is 0.111. The van der Waals surface area contributed by atoms with Gasteiger partial charge in [-0.2, -0.15) is 0 Å². The summed E-state index contributed by atoms with van der Waals surface area (Å²) in [6, 6.07) is 6.14. The van der Waals surface area contributed by atoms with Gasteiger partial charge in [-0.25, -0.2) is 9.37 Å². The van der Waals surface area contributed by atoms with Crippen molar-refractivity contribution in [1.82, 2.24) is 9.55 Å². The highest BCUT2D eigenvalue weighted by atomic mass is 32.1. The largest absolute Gasteiger partial charge is 0.325 e. The highest BCUT2D eigenvalue weighted by Gasteiger charge is 2.21. The summed E-state index contributed by atoms with van der Waals surface area (Å²) in [7, 11) is 1.70. The van der Waals surface area contributed by atoms with Crippen molar-refractivity contribution in [2.24, 2.45) is 7.05 Å². The van der Waals surface area contributed by atoms with Crippen LogP contribution in [-0.2, 0) is 19.9 Å². The molecule has 2 heterocycles. The molecule has 0 spiro atoms. The van der Waals surface area contributed by atoms with Crippen molar-refractivity contribution in [3.63, 3.8) is 0 Å². The van der Waals surface area contributed by atoms with E-state index in [1.807, 2.05) is 0 Å². The van der Waals surface area contributed by atoms with Crippen LogP contribution in [0.3, 0.4) is 0 Å². The second-order valence-electron chi connectivity index (χ2n) is 5.83. The zero-order chi connectivity index (χ0) is 16.0. The molecule has 0 bridgehead atoms. The van der Waals surface area contributed by atoms with Crippen molar-refractivity contribution in [3.8, 4) is 0 Å². The molecule has 4 rings (SSSR count). The molecule has 0 saturated heterocycles. The predicted octanol–water partition coefficient (Wildman–Crippen LogP) is 3.76. The summed E-state index contributed by atoms with van der Waals surface area (Å²) in [5, 5.41) is 3.81. The van der Waals surface area contributed by atoms with Crippen molar-refractivity contribution in [1.29, 1.82) is 0 Å². The van der Waals surface area contributed by atoms with Crippen LogP contribution in [0.4, 0.5) is 16.0 Å². The Labute approximate surface area is 136 Å². The van der Waals surface area contributed by atoms with Crippen LogP contribution >= 0.6 is 11.3 Å². The summed E-state index contributed by atoms with van der Waals surface area (Å²) in [6.07, 6.45) is 4.30. The van der Waals surface area contributed by atoms with Gasteiger partial charge in [-0.15, -0.1) is 11.3 Å². The number of rotatable bonds is 2. The predicted molar refractivity (Wildman–Crippen MR) is 91.2 cm³/mol. The molecule has 6 heteroatoms. The summed E-state index contributed by atoms with van der Waals surface area (Å²) in [5.41, 5.74) is 1.73. The number of nitrogens with zero attached hydrogens (tertiary/aromatic N) is 2. The van der Waals surface area contributed by atoms with E-state index in [2.05, 4.69) is 10.3 Å². The van der Waals surface area contributed by atoms with Gasteiger partial charge in [0, 0.05) is 17.6 Å². The average Bonchev–Trinajstić information content (AvgIpc) is 2.90. The number of aryl methyl sites for hydroxylation is 2. The lowest BCUT2D eigenvalue weighted by Crippen LogP contribution is -2.21. The van der Waals surface area contributed by atoms with Crippen LogP contribution in [0.5, 0.6) is 0 Å². The maximum atomic E-state index is 13.3. The Kier molecular flexibility index (Phi) is 3.41. The molecule has 1 aromatic carbocycles. The Morgan fingerprint density at radius 1 is 1.30 bits per heavy atom. The van der Waals surface area contributed by atoms with Gasteiger partial charge in [0.25, 0.3) is 5.56 Å². The van der Waals surface area contributed by atoms with Gasteiger partial charge in [0.05, 0.1) is 5.39 Å². The normalized spacial score (nSPS) is 14.0. The van der Waals surface area contributed by atoms with Gasteiger partial charge in [-0.1, -0.05) is 6.07 Å². The first-order valence-electron chi connectivity index (χ1n) is 7.67. The molecule has 0 amide bonds. The number of thiophene rings is 1. The average molecular weight is 329 g/mol. The zero-order valence-corrected chi connectivity index (χ0v) is 13.5. The number of nitrogens with one attached hydrogen (secondary N) is 1. The number of hydrogen-bond donors (Lipinski definition) is 1. The molecule has 0 fully saturated rings. The smallest absolute Gasteiger partial charge is 0.263 e. The highest BCUT2D eigenvalue weighted by Crippen LogP contribution is 2.34. The maximum absolute atomic E-state index is 13.3. The number of aromatic nitrogens is 2. The SMILES string of the molecule is Cn1c(Nc2cccc(F)c2)nc2sc3c(c2c1=O)CCCC3. The van der Waals surface area contributed by atoms with Crippen LogP contribution < -0.4 is 10.9 Å². The molecule has 0 unspecified atom stereocenters. The molecule has 0 aliphatic heterocycles. The second kappa shape index (κ2) is 5.45. The summed E-state index contributed by atoms with van der Waals surface area (Å²) in [6.45, 7) is 0. The lowest BCUT2D eigenvalue weighted by molar-refractivity contribution is 0.628. The lowest BCUT2D eigenvalue weighted by Gasteiger charge is -2.12.